The minimum absolute atomic E-state index is 0.0667. The molecule has 0 bridgehead atoms. The van der Waals surface area contributed by atoms with Gasteiger partial charge in [0.15, 0.2) is 17.4 Å². The molecule has 0 aromatic heterocycles. The average Bonchev–Trinajstić information content (AvgIpc) is 2.16. The van der Waals surface area contributed by atoms with E-state index in [1.165, 1.54) is 0 Å². The first-order valence-electron chi connectivity index (χ1n) is 4.28. The Morgan fingerprint density at radius 1 is 1.44 bits per heavy atom. The van der Waals surface area contributed by atoms with Crippen LogP contribution in [0, 0.1) is 23.5 Å². The molecule has 5 heteroatoms. The third-order valence-electron chi connectivity index (χ3n) is 1.67. The number of aliphatic carboxylic acids is 1. The smallest absolute Gasteiger partial charge is 0.315 e. The molecular weight excluding hydrogens is 218 g/mol. The molecule has 0 radical (unpaired) electrons. The molecule has 0 aliphatic carbocycles. The summed E-state index contributed by atoms with van der Waals surface area (Å²) in [6.07, 6.45) is -0.380. The highest BCUT2D eigenvalue weighted by Gasteiger charge is 2.10. The van der Waals surface area contributed by atoms with Crippen LogP contribution in [0.1, 0.15) is 12.0 Å². The van der Waals surface area contributed by atoms with E-state index in [1.807, 2.05) is 0 Å². The molecule has 0 saturated carbocycles. The standard InChI is InChI=1S/C11H8F2O3/c1-16-11-8(12)5-7(6-9(11)13)3-2-4-10(14)15/h5-6H,4H2,1H3,(H,14,15). The zero-order valence-electron chi connectivity index (χ0n) is 8.38. The summed E-state index contributed by atoms with van der Waals surface area (Å²) in [5.74, 6) is 1.29. The lowest BCUT2D eigenvalue weighted by molar-refractivity contribution is -0.135. The van der Waals surface area contributed by atoms with E-state index in [0.29, 0.717) is 0 Å². The third-order valence-corrected chi connectivity index (χ3v) is 1.67. The van der Waals surface area contributed by atoms with Crippen molar-refractivity contribution in [3.05, 3.63) is 29.3 Å². The number of hydrogen-bond donors (Lipinski definition) is 1. The van der Waals surface area contributed by atoms with E-state index in [1.54, 1.807) is 0 Å². The number of carboxylic acid groups (broad SMARTS) is 1. The first-order valence-corrected chi connectivity index (χ1v) is 4.28. The summed E-state index contributed by atoms with van der Waals surface area (Å²) in [5, 5.41) is 8.31. The fourth-order valence-corrected chi connectivity index (χ4v) is 1.05. The van der Waals surface area contributed by atoms with Crippen molar-refractivity contribution in [3.8, 4) is 17.6 Å². The van der Waals surface area contributed by atoms with Crippen molar-refractivity contribution in [3.63, 3.8) is 0 Å². The Bertz CT molecular complexity index is 449. The monoisotopic (exact) mass is 226 g/mol. The largest absolute Gasteiger partial charge is 0.491 e. The van der Waals surface area contributed by atoms with Gasteiger partial charge in [0.1, 0.15) is 6.42 Å². The van der Waals surface area contributed by atoms with E-state index in [4.69, 9.17) is 5.11 Å². The number of hydrogen-bond acceptors (Lipinski definition) is 2. The summed E-state index contributed by atoms with van der Waals surface area (Å²) in [6, 6.07) is 1.97. The van der Waals surface area contributed by atoms with Crippen molar-refractivity contribution in [2.45, 2.75) is 6.42 Å². The maximum absolute atomic E-state index is 13.1. The summed E-state index contributed by atoms with van der Waals surface area (Å²) >= 11 is 0. The average molecular weight is 226 g/mol. The number of carbonyl (C=O) groups is 1. The van der Waals surface area contributed by atoms with Crippen molar-refractivity contribution in [1.82, 2.24) is 0 Å². The van der Waals surface area contributed by atoms with Crippen LogP contribution >= 0.6 is 0 Å². The highest BCUT2D eigenvalue weighted by atomic mass is 19.1. The Kier molecular flexibility index (Phi) is 3.84. The number of halogens is 2. The lowest BCUT2D eigenvalue weighted by Crippen LogP contribution is -1.94. The van der Waals surface area contributed by atoms with Gasteiger partial charge in [-0.15, -0.1) is 0 Å². The van der Waals surface area contributed by atoms with Crippen LogP contribution in [0.4, 0.5) is 8.78 Å². The lowest BCUT2D eigenvalue weighted by Gasteiger charge is -2.03. The van der Waals surface area contributed by atoms with Crippen LogP contribution < -0.4 is 4.74 Å². The molecule has 0 spiro atoms. The Morgan fingerprint density at radius 2 is 2.00 bits per heavy atom. The number of methoxy groups -OCH3 is 1. The van der Waals surface area contributed by atoms with Gasteiger partial charge in [-0.1, -0.05) is 11.8 Å². The Labute approximate surface area is 90.7 Å². The van der Waals surface area contributed by atoms with E-state index >= 15 is 0 Å². The Hall–Kier alpha value is -2.09. The van der Waals surface area contributed by atoms with Gasteiger partial charge in [0.05, 0.1) is 7.11 Å². The first-order chi connectivity index (χ1) is 7.54. The molecule has 1 aromatic carbocycles. The molecular formula is C11H8F2O3. The fraction of sp³-hybridized carbons (Fsp3) is 0.182. The second-order valence-corrected chi connectivity index (χ2v) is 2.85. The summed E-state index contributed by atoms with van der Waals surface area (Å²) < 4.78 is 30.8. The van der Waals surface area contributed by atoms with Crippen molar-refractivity contribution in [2.24, 2.45) is 0 Å². The predicted molar refractivity (Wildman–Crippen MR) is 52.0 cm³/mol. The van der Waals surface area contributed by atoms with E-state index in [2.05, 4.69) is 16.6 Å². The SMILES string of the molecule is COc1c(F)cc(C#CCC(=O)O)cc1F. The van der Waals surface area contributed by atoms with Crippen molar-refractivity contribution < 1.29 is 23.4 Å². The summed E-state index contributed by atoms with van der Waals surface area (Å²) in [4.78, 5) is 10.2. The first kappa shape index (κ1) is 12.0. The number of benzene rings is 1. The van der Waals surface area contributed by atoms with Crippen molar-refractivity contribution in [2.75, 3.05) is 7.11 Å². The van der Waals surface area contributed by atoms with Gasteiger partial charge in [-0.25, -0.2) is 8.78 Å². The van der Waals surface area contributed by atoms with Gasteiger partial charge in [0.25, 0.3) is 0 Å². The molecule has 0 aliphatic rings. The molecule has 0 heterocycles. The second kappa shape index (κ2) is 5.12. The molecule has 0 amide bonds. The van der Waals surface area contributed by atoms with E-state index in [-0.39, 0.29) is 12.0 Å². The molecule has 0 unspecified atom stereocenters. The molecule has 0 aliphatic heterocycles. The summed E-state index contributed by atoms with van der Waals surface area (Å²) in [6.45, 7) is 0. The Morgan fingerprint density at radius 3 is 2.44 bits per heavy atom. The van der Waals surface area contributed by atoms with Gasteiger partial charge >= 0.3 is 5.97 Å². The minimum atomic E-state index is -1.10. The number of carboxylic acids is 1. The molecule has 84 valence electrons. The maximum atomic E-state index is 13.1. The zero-order valence-corrected chi connectivity index (χ0v) is 8.38. The number of rotatable bonds is 2. The second-order valence-electron chi connectivity index (χ2n) is 2.85. The fourth-order valence-electron chi connectivity index (χ4n) is 1.05. The molecule has 16 heavy (non-hydrogen) atoms. The van der Waals surface area contributed by atoms with Gasteiger partial charge < -0.3 is 9.84 Å². The maximum Gasteiger partial charge on any atom is 0.315 e. The van der Waals surface area contributed by atoms with Gasteiger partial charge in [0.2, 0.25) is 0 Å². The van der Waals surface area contributed by atoms with Crippen molar-refractivity contribution >= 4 is 5.97 Å². The van der Waals surface area contributed by atoms with Gasteiger partial charge in [-0.05, 0) is 12.1 Å². The van der Waals surface area contributed by atoms with Crippen LogP contribution in [0.2, 0.25) is 0 Å². The van der Waals surface area contributed by atoms with Crippen LogP contribution in [0.3, 0.4) is 0 Å². The molecule has 3 nitrogen and oxygen atoms in total. The van der Waals surface area contributed by atoms with Crippen LogP contribution in [-0.2, 0) is 4.79 Å². The van der Waals surface area contributed by atoms with Crippen molar-refractivity contribution in [1.29, 1.82) is 0 Å². The van der Waals surface area contributed by atoms with Crippen LogP contribution in [0.15, 0.2) is 12.1 Å². The quantitative estimate of drug-likeness (QED) is 0.782. The van der Waals surface area contributed by atoms with E-state index in [9.17, 15) is 13.6 Å². The number of ether oxygens (including phenoxy) is 1. The lowest BCUT2D eigenvalue weighted by atomic mass is 10.2. The van der Waals surface area contributed by atoms with E-state index < -0.39 is 23.4 Å². The third kappa shape index (κ3) is 2.95. The molecule has 0 saturated heterocycles. The summed E-state index contributed by atoms with van der Waals surface area (Å²) in [5.41, 5.74) is 0.0667. The summed E-state index contributed by atoms with van der Waals surface area (Å²) in [7, 11) is 1.15. The molecule has 1 aromatic rings. The van der Waals surface area contributed by atoms with E-state index in [0.717, 1.165) is 19.2 Å². The molecule has 0 atom stereocenters. The predicted octanol–water partition coefficient (Wildman–Crippen LogP) is 1.80. The minimum Gasteiger partial charge on any atom is -0.491 e. The highest BCUT2D eigenvalue weighted by Crippen LogP contribution is 2.22. The molecule has 0 fully saturated rings. The zero-order chi connectivity index (χ0) is 12.1. The van der Waals surface area contributed by atoms with Gasteiger partial charge in [-0.3, -0.25) is 4.79 Å². The topological polar surface area (TPSA) is 46.5 Å². The normalized spacial score (nSPS) is 9.19. The molecule has 1 N–H and O–H groups in total. The van der Waals surface area contributed by atoms with Crippen LogP contribution in [0.25, 0.3) is 0 Å². The van der Waals surface area contributed by atoms with Gasteiger partial charge in [0, 0.05) is 5.56 Å². The Balaban J connectivity index is 2.98. The van der Waals surface area contributed by atoms with Crippen LogP contribution in [0.5, 0.6) is 5.75 Å². The van der Waals surface area contributed by atoms with Gasteiger partial charge in [-0.2, -0.15) is 0 Å². The molecule has 1 rings (SSSR count). The highest BCUT2D eigenvalue weighted by molar-refractivity contribution is 5.70. The van der Waals surface area contributed by atoms with Crippen LogP contribution in [-0.4, -0.2) is 18.2 Å².